The molecule has 7 heteroatoms. The molecular formula is C24H28FN3O3. The summed E-state index contributed by atoms with van der Waals surface area (Å²) < 4.78 is 31.5. The van der Waals surface area contributed by atoms with Gasteiger partial charge in [-0.15, -0.1) is 0 Å². The number of aromatic nitrogens is 1. The number of nitrogen functional groups attached to an aromatic ring is 1. The molecule has 0 spiro atoms. The fraction of sp³-hybridized carbons (Fsp3) is 0.375. The first-order valence-electron chi connectivity index (χ1n) is 10.7. The molecule has 0 atom stereocenters. The largest absolute Gasteiger partial charge is 0.493 e. The molecule has 2 heterocycles. The number of rotatable bonds is 8. The third-order valence-corrected chi connectivity index (χ3v) is 5.49. The van der Waals surface area contributed by atoms with E-state index in [-0.39, 0.29) is 5.75 Å². The van der Waals surface area contributed by atoms with E-state index in [1.807, 2.05) is 12.1 Å². The van der Waals surface area contributed by atoms with Crippen molar-refractivity contribution in [1.29, 1.82) is 0 Å². The molecule has 0 amide bonds. The number of nitrogens with two attached hydrogens (primary N) is 1. The maximum Gasteiger partial charge on any atom is 0.167 e. The number of hydrogen-bond donors (Lipinski definition) is 1. The number of halogens is 1. The highest BCUT2D eigenvalue weighted by molar-refractivity contribution is 5.88. The van der Waals surface area contributed by atoms with Gasteiger partial charge in [0.25, 0.3) is 0 Å². The molecule has 3 aromatic rings. The molecule has 0 radical (unpaired) electrons. The molecule has 0 bridgehead atoms. The minimum Gasteiger partial charge on any atom is -0.493 e. The molecule has 2 N–H and O–H groups in total. The lowest BCUT2D eigenvalue weighted by molar-refractivity contribution is 0.203. The summed E-state index contributed by atoms with van der Waals surface area (Å²) in [5.74, 6) is 1.27. The highest BCUT2D eigenvalue weighted by Gasteiger charge is 2.14. The van der Waals surface area contributed by atoms with Gasteiger partial charge in [-0.1, -0.05) is 6.42 Å². The van der Waals surface area contributed by atoms with E-state index < -0.39 is 5.82 Å². The Bertz CT molecular complexity index is 1040. The predicted molar refractivity (Wildman–Crippen MR) is 120 cm³/mol. The van der Waals surface area contributed by atoms with Crippen molar-refractivity contribution in [1.82, 2.24) is 9.88 Å². The van der Waals surface area contributed by atoms with Gasteiger partial charge in [0.1, 0.15) is 5.75 Å². The van der Waals surface area contributed by atoms with Crippen molar-refractivity contribution in [2.45, 2.75) is 25.7 Å². The summed E-state index contributed by atoms with van der Waals surface area (Å²) in [6.07, 6.45) is 6.49. The number of fused-ring (bicyclic) bond motifs is 1. The van der Waals surface area contributed by atoms with Crippen molar-refractivity contribution in [3.05, 3.63) is 48.4 Å². The van der Waals surface area contributed by atoms with Crippen LogP contribution < -0.4 is 19.9 Å². The van der Waals surface area contributed by atoms with Crippen LogP contribution in [0.5, 0.6) is 23.0 Å². The Balaban J connectivity index is 1.49. The molecule has 4 rings (SSSR count). The maximum absolute atomic E-state index is 14.2. The summed E-state index contributed by atoms with van der Waals surface area (Å²) in [6, 6.07) is 9.67. The van der Waals surface area contributed by atoms with Crippen LogP contribution >= 0.6 is 0 Å². The second-order valence-electron chi connectivity index (χ2n) is 7.73. The minimum atomic E-state index is -0.523. The van der Waals surface area contributed by atoms with Crippen molar-refractivity contribution in [3.63, 3.8) is 0 Å². The molecule has 0 saturated carbocycles. The van der Waals surface area contributed by atoms with Crippen molar-refractivity contribution >= 4 is 16.6 Å². The summed E-state index contributed by atoms with van der Waals surface area (Å²) in [5.41, 5.74) is 6.64. The fourth-order valence-electron chi connectivity index (χ4n) is 3.86. The number of ether oxygens (including phenoxy) is 3. The second kappa shape index (κ2) is 9.83. The van der Waals surface area contributed by atoms with E-state index in [4.69, 9.17) is 19.9 Å². The Hall–Kier alpha value is -3.06. The van der Waals surface area contributed by atoms with Gasteiger partial charge in [0.15, 0.2) is 23.1 Å². The quantitative estimate of drug-likeness (QED) is 0.404. The number of pyridine rings is 1. The van der Waals surface area contributed by atoms with E-state index in [2.05, 4.69) is 9.88 Å². The molecule has 2 aromatic carbocycles. The van der Waals surface area contributed by atoms with Gasteiger partial charge < -0.3 is 24.8 Å². The number of piperidine rings is 1. The lowest BCUT2D eigenvalue weighted by Gasteiger charge is -2.26. The first kappa shape index (κ1) is 21.2. The average Bonchev–Trinajstić information content (AvgIpc) is 2.79. The smallest absolute Gasteiger partial charge is 0.167 e. The number of nitrogens with zero attached hydrogens (tertiary/aromatic N) is 2. The number of hydrogen-bond acceptors (Lipinski definition) is 6. The van der Waals surface area contributed by atoms with Crippen LogP contribution in [0.1, 0.15) is 25.7 Å². The molecule has 1 saturated heterocycles. The van der Waals surface area contributed by atoms with Crippen LogP contribution in [0.3, 0.4) is 0 Å². The van der Waals surface area contributed by atoms with Gasteiger partial charge >= 0.3 is 0 Å². The average molecular weight is 426 g/mol. The van der Waals surface area contributed by atoms with Crippen LogP contribution in [0.4, 0.5) is 10.1 Å². The van der Waals surface area contributed by atoms with E-state index >= 15 is 0 Å². The van der Waals surface area contributed by atoms with E-state index in [0.29, 0.717) is 40.4 Å². The zero-order chi connectivity index (χ0) is 21.6. The molecule has 1 aliphatic rings. The topological polar surface area (TPSA) is 69.8 Å². The van der Waals surface area contributed by atoms with E-state index in [1.165, 1.54) is 44.5 Å². The van der Waals surface area contributed by atoms with Crippen molar-refractivity contribution < 1.29 is 18.6 Å². The Labute approximate surface area is 181 Å². The molecule has 6 nitrogen and oxygen atoms in total. The highest BCUT2D eigenvalue weighted by Crippen LogP contribution is 2.37. The van der Waals surface area contributed by atoms with E-state index in [0.717, 1.165) is 13.0 Å². The monoisotopic (exact) mass is 425 g/mol. The van der Waals surface area contributed by atoms with Crippen LogP contribution in [0.25, 0.3) is 10.9 Å². The SMILES string of the molecule is COc1cc2c(Oc3ccc(N)cc3F)ccnc2cc1OCCCN1CCCCC1. The Morgan fingerprint density at radius 3 is 2.61 bits per heavy atom. The number of benzene rings is 2. The second-order valence-corrected chi connectivity index (χ2v) is 7.73. The maximum atomic E-state index is 14.2. The first-order chi connectivity index (χ1) is 15.1. The first-order valence-corrected chi connectivity index (χ1v) is 10.7. The molecule has 164 valence electrons. The van der Waals surface area contributed by atoms with E-state index in [9.17, 15) is 4.39 Å². The molecule has 0 unspecified atom stereocenters. The summed E-state index contributed by atoms with van der Waals surface area (Å²) in [4.78, 5) is 6.91. The zero-order valence-corrected chi connectivity index (χ0v) is 17.8. The van der Waals surface area contributed by atoms with E-state index in [1.54, 1.807) is 25.4 Å². The lowest BCUT2D eigenvalue weighted by atomic mass is 10.1. The van der Waals surface area contributed by atoms with Crippen molar-refractivity contribution in [3.8, 4) is 23.0 Å². The number of anilines is 1. The number of likely N-dealkylation sites (tertiary alicyclic amines) is 1. The third-order valence-electron chi connectivity index (χ3n) is 5.49. The molecule has 0 aliphatic carbocycles. The highest BCUT2D eigenvalue weighted by atomic mass is 19.1. The third kappa shape index (κ3) is 5.17. The molecule has 1 aliphatic heterocycles. The van der Waals surface area contributed by atoms with Gasteiger partial charge in [0.2, 0.25) is 0 Å². The molecule has 31 heavy (non-hydrogen) atoms. The van der Waals surface area contributed by atoms with Gasteiger partial charge in [-0.2, -0.15) is 0 Å². The summed E-state index contributed by atoms with van der Waals surface area (Å²) in [6.45, 7) is 4.01. The predicted octanol–water partition coefficient (Wildman–Crippen LogP) is 5.01. The summed E-state index contributed by atoms with van der Waals surface area (Å²) in [5, 5.41) is 0.705. The van der Waals surface area contributed by atoms with Crippen LogP contribution in [0.2, 0.25) is 0 Å². The lowest BCUT2D eigenvalue weighted by Crippen LogP contribution is -2.31. The van der Waals surface area contributed by atoms with Crippen LogP contribution in [0.15, 0.2) is 42.6 Å². The van der Waals surface area contributed by atoms with Gasteiger partial charge in [-0.25, -0.2) is 4.39 Å². The van der Waals surface area contributed by atoms with Crippen molar-refractivity contribution in [2.75, 3.05) is 39.1 Å². The molecule has 1 fully saturated rings. The summed E-state index contributed by atoms with van der Waals surface area (Å²) in [7, 11) is 1.60. The molecular weight excluding hydrogens is 397 g/mol. The fourth-order valence-corrected chi connectivity index (χ4v) is 3.86. The number of methoxy groups -OCH3 is 1. The van der Waals surface area contributed by atoms with Crippen LogP contribution in [-0.4, -0.2) is 43.2 Å². The van der Waals surface area contributed by atoms with Crippen molar-refractivity contribution in [2.24, 2.45) is 0 Å². The Morgan fingerprint density at radius 2 is 1.84 bits per heavy atom. The zero-order valence-electron chi connectivity index (χ0n) is 17.8. The van der Waals surface area contributed by atoms with Gasteiger partial charge in [-0.3, -0.25) is 4.98 Å². The summed E-state index contributed by atoms with van der Waals surface area (Å²) >= 11 is 0. The van der Waals surface area contributed by atoms with Crippen LogP contribution in [0, 0.1) is 5.82 Å². The van der Waals surface area contributed by atoms with Gasteiger partial charge in [-0.05, 0) is 56.6 Å². The Kier molecular flexibility index (Phi) is 6.72. The molecule has 1 aromatic heterocycles. The standard InChI is InChI=1S/C24H28FN3O3/c1-29-23-15-18-20(16-24(23)30-13-5-12-28-10-3-2-4-11-28)27-9-8-21(18)31-22-7-6-17(26)14-19(22)25/h6-9,14-16H,2-5,10-13,26H2,1H3. The Morgan fingerprint density at radius 1 is 1.00 bits per heavy atom. The normalized spacial score (nSPS) is 14.5. The van der Waals surface area contributed by atoms with Gasteiger partial charge in [0, 0.05) is 35.9 Å². The minimum absolute atomic E-state index is 0.0960. The van der Waals surface area contributed by atoms with Gasteiger partial charge in [0.05, 0.1) is 19.2 Å². The van der Waals surface area contributed by atoms with Crippen LogP contribution in [-0.2, 0) is 0 Å².